The molecule has 21 heavy (non-hydrogen) atoms. The fraction of sp³-hybridized carbons (Fsp3) is 0.500. The third kappa shape index (κ3) is 3.31. The van der Waals surface area contributed by atoms with Crippen LogP contribution in [0.1, 0.15) is 0 Å². The minimum Gasteiger partial charge on any atom is -0.595 e. The van der Waals surface area contributed by atoms with Gasteiger partial charge in [-0.25, -0.2) is 5.21 Å². The van der Waals surface area contributed by atoms with Gasteiger partial charge in [0.1, 0.15) is 24.4 Å². The van der Waals surface area contributed by atoms with Crippen molar-refractivity contribution in [3.05, 3.63) is 29.5 Å². The number of rotatable bonds is 4. The van der Waals surface area contributed by atoms with Crippen LogP contribution in [0.25, 0.3) is 0 Å². The number of benzene rings is 1. The highest BCUT2D eigenvalue weighted by atomic mass is 16.8. The van der Waals surface area contributed by atoms with Gasteiger partial charge < -0.3 is 35.1 Å². The van der Waals surface area contributed by atoms with E-state index in [2.05, 4.69) is 0 Å². The Morgan fingerprint density at radius 1 is 1.14 bits per heavy atom. The van der Waals surface area contributed by atoms with E-state index in [1.807, 2.05) is 0 Å². The maximum Gasteiger partial charge on any atom is 0.229 e. The maximum atomic E-state index is 11.1. The Kier molecular flexibility index (Phi) is 5.08. The topological polar surface area (TPSA) is 147 Å². The molecule has 0 spiro atoms. The van der Waals surface area contributed by atoms with E-state index < -0.39 is 42.5 Å². The summed E-state index contributed by atoms with van der Waals surface area (Å²) in [7, 11) is 0. The molecule has 0 aromatic heterocycles. The van der Waals surface area contributed by atoms with Crippen molar-refractivity contribution in [3.8, 4) is 5.75 Å². The summed E-state index contributed by atoms with van der Waals surface area (Å²) in [6.45, 7) is -0.592. The van der Waals surface area contributed by atoms with Crippen LogP contribution in [0.2, 0.25) is 0 Å². The molecule has 118 valence electrons. The number of nitrogens with one attached hydrogen (secondary N) is 1. The quantitative estimate of drug-likeness (QED) is 0.329. The van der Waals surface area contributed by atoms with Gasteiger partial charge >= 0.3 is 0 Å². The van der Waals surface area contributed by atoms with Crippen molar-refractivity contribution in [2.24, 2.45) is 0 Å². The molecule has 9 nitrogen and oxygen atoms in total. The monoisotopic (exact) mass is 303 g/mol. The molecule has 0 aliphatic carbocycles. The molecule has 1 heterocycles. The van der Waals surface area contributed by atoms with Crippen molar-refractivity contribution in [2.75, 3.05) is 6.61 Å². The number of para-hydroxylation sites is 2. The second-order valence-corrected chi connectivity index (χ2v) is 4.62. The lowest BCUT2D eigenvalue weighted by molar-refractivity contribution is -0.991. The minimum absolute atomic E-state index is 0.0608. The summed E-state index contributed by atoms with van der Waals surface area (Å²) in [6.07, 6.45) is -7.21. The number of hydrogen-bond donors (Lipinski definition) is 6. The van der Waals surface area contributed by atoms with E-state index in [1.54, 1.807) is 0 Å². The highest BCUT2D eigenvalue weighted by Gasteiger charge is 2.45. The molecule has 1 aliphatic rings. The minimum atomic E-state index is -1.59. The Balaban J connectivity index is 2.19. The van der Waals surface area contributed by atoms with Gasteiger partial charge in [-0.3, -0.25) is 0 Å². The Hall–Kier alpha value is -1.30. The van der Waals surface area contributed by atoms with Crippen molar-refractivity contribution in [3.63, 3.8) is 0 Å². The number of hydrogen-bond acceptors (Lipinski definition) is 8. The van der Waals surface area contributed by atoms with Gasteiger partial charge in [-0.15, -0.1) is 0 Å². The van der Waals surface area contributed by atoms with Crippen molar-refractivity contribution in [1.82, 2.24) is 0 Å². The maximum absolute atomic E-state index is 11.1. The Morgan fingerprint density at radius 2 is 1.81 bits per heavy atom. The Bertz CT molecular complexity index is 468. The van der Waals surface area contributed by atoms with Crippen LogP contribution in [0.15, 0.2) is 24.3 Å². The Morgan fingerprint density at radius 3 is 2.43 bits per heavy atom. The molecule has 6 N–H and O–H groups in total. The summed E-state index contributed by atoms with van der Waals surface area (Å²) < 4.78 is 10.4. The third-order valence-corrected chi connectivity index (χ3v) is 3.21. The molecule has 1 aromatic rings. The zero-order valence-corrected chi connectivity index (χ0v) is 10.9. The summed E-state index contributed by atoms with van der Waals surface area (Å²) in [5.41, 5.74) is -0.144. The summed E-state index contributed by atoms with van der Waals surface area (Å²) >= 11 is 0. The molecule has 1 fully saturated rings. The standard InChI is InChI=1S/C12H17NO8/c14-5-8-9(15)10(16)11(17)12(21-8)20-7-4-2-1-3-6(7)13(18)19/h1-4,8-18H,5H2/t8-,9-,10+,11-,12+/m1/s1. The molecule has 1 unspecified atom stereocenters. The van der Waals surface area contributed by atoms with Gasteiger partial charge in [-0.1, -0.05) is 12.1 Å². The molecule has 2 rings (SSSR count). The molecule has 0 radical (unpaired) electrons. The van der Waals surface area contributed by atoms with Crippen molar-refractivity contribution >= 4 is 5.69 Å². The summed E-state index contributed by atoms with van der Waals surface area (Å²) in [5, 5.41) is 57.0. The lowest BCUT2D eigenvalue weighted by Crippen LogP contribution is -2.99. The average Bonchev–Trinajstić information content (AvgIpc) is 2.48. The van der Waals surface area contributed by atoms with E-state index >= 15 is 0 Å². The van der Waals surface area contributed by atoms with Gasteiger partial charge in [-0.05, 0) is 6.07 Å². The van der Waals surface area contributed by atoms with Gasteiger partial charge in [-0.2, -0.15) is 5.23 Å². The van der Waals surface area contributed by atoms with E-state index in [0.717, 1.165) is 0 Å². The van der Waals surface area contributed by atoms with Crippen LogP contribution in [-0.2, 0) is 4.74 Å². The van der Waals surface area contributed by atoms with Crippen molar-refractivity contribution < 1.29 is 40.3 Å². The second kappa shape index (κ2) is 6.64. The predicted octanol–water partition coefficient (Wildman–Crippen LogP) is -2.73. The van der Waals surface area contributed by atoms with Gasteiger partial charge in [0.2, 0.25) is 12.0 Å². The number of aliphatic hydroxyl groups excluding tert-OH is 4. The Labute approximate surface area is 119 Å². The fourth-order valence-corrected chi connectivity index (χ4v) is 2.04. The molecule has 9 heteroatoms. The second-order valence-electron chi connectivity index (χ2n) is 4.62. The normalized spacial score (nSPS) is 34.5. The van der Waals surface area contributed by atoms with Gasteiger partial charge in [0.15, 0.2) is 5.75 Å². The SMILES string of the molecule is [O-][NH+](O)c1ccccc1O[C@H]1O[C@H](CO)[C@@H](O)[C@H](O)[C@H]1O. The van der Waals surface area contributed by atoms with Crippen molar-refractivity contribution in [1.29, 1.82) is 0 Å². The first-order valence-electron chi connectivity index (χ1n) is 6.25. The van der Waals surface area contributed by atoms with Gasteiger partial charge in [0.05, 0.1) is 6.61 Å². The lowest BCUT2D eigenvalue weighted by Gasteiger charge is -2.39. The molecule has 0 amide bonds. The average molecular weight is 303 g/mol. The largest absolute Gasteiger partial charge is 0.595 e. The summed E-state index contributed by atoms with van der Waals surface area (Å²) in [5.74, 6) is -0.0608. The van der Waals surface area contributed by atoms with E-state index in [4.69, 9.17) is 19.8 Å². The predicted molar refractivity (Wildman–Crippen MR) is 66.6 cm³/mol. The van der Waals surface area contributed by atoms with E-state index in [0.29, 0.717) is 0 Å². The van der Waals surface area contributed by atoms with Crippen LogP contribution in [-0.4, -0.2) is 62.9 Å². The van der Waals surface area contributed by atoms with Crippen LogP contribution in [0.3, 0.4) is 0 Å². The molecule has 1 aliphatic heterocycles. The first-order valence-corrected chi connectivity index (χ1v) is 6.25. The number of ether oxygens (including phenoxy) is 2. The lowest BCUT2D eigenvalue weighted by atomic mass is 9.99. The van der Waals surface area contributed by atoms with Crippen LogP contribution < -0.4 is 9.96 Å². The summed E-state index contributed by atoms with van der Waals surface area (Å²) in [4.78, 5) is 0. The molecule has 0 bridgehead atoms. The first-order chi connectivity index (χ1) is 9.95. The molecular weight excluding hydrogens is 286 g/mol. The smallest absolute Gasteiger partial charge is 0.229 e. The third-order valence-electron chi connectivity index (χ3n) is 3.21. The molecule has 1 aromatic carbocycles. The first kappa shape index (κ1) is 16.1. The number of aliphatic hydroxyl groups is 4. The van der Waals surface area contributed by atoms with Crippen LogP contribution in [0.4, 0.5) is 5.69 Å². The highest BCUT2D eigenvalue weighted by Crippen LogP contribution is 2.27. The molecule has 6 atom stereocenters. The van der Waals surface area contributed by atoms with E-state index in [1.165, 1.54) is 24.3 Å². The van der Waals surface area contributed by atoms with Crippen molar-refractivity contribution in [2.45, 2.75) is 30.7 Å². The van der Waals surface area contributed by atoms with Crippen LogP contribution >= 0.6 is 0 Å². The van der Waals surface area contributed by atoms with E-state index in [9.17, 15) is 20.5 Å². The fourth-order valence-electron chi connectivity index (χ4n) is 2.04. The zero-order chi connectivity index (χ0) is 15.6. The van der Waals surface area contributed by atoms with Crippen LogP contribution in [0.5, 0.6) is 5.75 Å². The number of quaternary nitrogens is 1. The zero-order valence-electron chi connectivity index (χ0n) is 10.9. The van der Waals surface area contributed by atoms with Crippen LogP contribution in [0, 0.1) is 5.21 Å². The summed E-state index contributed by atoms with van der Waals surface area (Å²) in [6, 6.07) is 5.71. The van der Waals surface area contributed by atoms with Gasteiger partial charge in [0, 0.05) is 6.07 Å². The molecule has 0 saturated carbocycles. The van der Waals surface area contributed by atoms with Gasteiger partial charge in [0.25, 0.3) is 0 Å². The van der Waals surface area contributed by atoms with E-state index in [-0.39, 0.29) is 11.4 Å². The molecule has 1 saturated heterocycles. The highest BCUT2D eigenvalue weighted by molar-refractivity contribution is 5.45. The molecular formula is C12H17NO8.